The minimum absolute atomic E-state index is 0.299. The van der Waals surface area contributed by atoms with Crippen LogP contribution < -0.4 is 5.73 Å². The summed E-state index contributed by atoms with van der Waals surface area (Å²) in [5, 5.41) is 8.53. The predicted molar refractivity (Wildman–Crippen MR) is 55.2 cm³/mol. The molecule has 0 bridgehead atoms. The average Bonchev–Trinajstić information content (AvgIpc) is 2.00. The van der Waals surface area contributed by atoms with Crippen LogP contribution in [0, 0.1) is 0 Å². The lowest BCUT2D eigenvalue weighted by Gasteiger charge is -2.20. The maximum atomic E-state index is 12.0. The average molecular weight is 262 g/mol. The van der Waals surface area contributed by atoms with E-state index in [1.165, 1.54) is 0 Å². The first-order chi connectivity index (χ1) is 6.79. The van der Waals surface area contributed by atoms with Gasteiger partial charge in [-0.2, -0.15) is 4.31 Å². The molecule has 0 aliphatic heterocycles. The van der Waals surface area contributed by atoms with E-state index >= 15 is 0 Å². The van der Waals surface area contributed by atoms with Gasteiger partial charge in [-0.15, -0.1) is 0 Å². The van der Waals surface area contributed by atoms with Gasteiger partial charge in [0, 0.05) is 6.54 Å². The first-order valence-corrected chi connectivity index (χ1v) is 5.96. The highest BCUT2D eigenvalue weighted by atomic mass is 32.2. The van der Waals surface area contributed by atoms with Crippen LogP contribution in [0.15, 0.2) is 0 Å². The van der Waals surface area contributed by atoms with Gasteiger partial charge in [-0.3, -0.25) is 0 Å². The molecule has 0 amide bonds. The quantitative estimate of drug-likeness (QED) is 0.585. The molecular formula is C6H12F2N2O3S2. The highest BCUT2D eigenvalue weighted by molar-refractivity contribution is 7.92. The van der Waals surface area contributed by atoms with Gasteiger partial charge in [0.05, 0.1) is 18.1 Å². The number of nitrogens with zero attached hydrogens (tertiary/aromatic N) is 1. The molecule has 0 unspecified atom stereocenters. The molecule has 90 valence electrons. The molecule has 9 heteroatoms. The zero-order valence-corrected chi connectivity index (χ0v) is 9.40. The second-order valence-electron chi connectivity index (χ2n) is 2.70. The largest absolute Gasteiger partial charge is 0.395 e. The van der Waals surface area contributed by atoms with Crippen molar-refractivity contribution in [3.8, 4) is 0 Å². The minimum atomic E-state index is -3.95. The molecule has 0 saturated carbocycles. The van der Waals surface area contributed by atoms with Crippen molar-refractivity contribution in [1.82, 2.24) is 4.31 Å². The number of sulfonamides is 1. The summed E-state index contributed by atoms with van der Waals surface area (Å²) in [6, 6.07) is 0. The molecule has 15 heavy (non-hydrogen) atoms. The van der Waals surface area contributed by atoms with Gasteiger partial charge in [-0.05, 0) is 0 Å². The fraction of sp³-hybridized carbons (Fsp3) is 0.833. The molecule has 0 aliphatic rings. The highest BCUT2D eigenvalue weighted by Gasteiger charge is 2.25. The molecule has 0 spiro atoms. The Hall–Kier alpha value is -0.380. The van der Waals surface area contributed by atoms with Gasteiger partial charge in [0.15, 0.2) is 0 Å². The Morgan fingerprint density at radius 1 is 1.53 bits per heavy atom. The second-order valence-corrected chi connectivity index (χ2v) is 5.19. The van der Waals surface area contributed by atoms with E-state index in [2.05, 4.69) is 12.2 Å². The summed E-state index contributed by atoms with van der Waals surface area (Å²) in [4.78, 5) is -0.299. The van der Waals surface area contributed by atoms with Gasteiger partial charge in [-0.1, -0.05) is 12.2 Å². The SMILES string of the molecule is NC(=S)CS(=O)(=O)N(CCO)CC(F)F. The van der Waals surface area contributed by atoms with Crippen LogP contribution in [0.1, 0.15) is 0 Å². The molecule has 0 heterocycles. The van der Waals surface area contributed by atoms with Gasteiger partial charge < -0.3 is 10.8 Å². The third-order valence-electron chi connectivity index (χ3n) is 1.41. The molecule has 3 N–H and O–H groups in total. The third kappa shape index (κ3) is 5.92. The maximum absolute atomic E-state index is 12.0. The molecule has 0 aliphatic carbocycles. The Morgan fingerprint density at radius 2 is 2.07 bits per heavy atom. The number of thiocarbonyl (C=S) groups is 1. The van der Waals surface area contributed by atoms with Crippen molar-refractivity contribution in [3.05, 3.63) is 0 Å². The minimum Gasteiger partial charge on any atom is -0.395 e. The summed E-state index contributed by atoms with van der Waals surface area (Å²) < 4.78 is 47.3. The number of hydrogen-bond acceptors (Lipinski definition) is 4. The number of aliphatic hydroxyl groups excluding tert-OH is 1. The highest BCUT2D eigenvalue weighted by Crippen LogP contribution is 2.05. The first kappa shape index (κ1) is 14.6. The van der Waals surface area contributed by atoms with E-state index in [1.807, 2.05) is 0 Å². The first-order valence-electron chi connectivity index (χ1n) is 3.94. The van der Waals surface area contributed by atoms with Crippen LogP contribution in [-0.4, -0.2) is 54.7 Å². The number of halogens is 2. The van der Waals surface area contributed by atoms with Gasteiger partial charge >= 0.3 is 0 Å². The molecule has 0 aromatic carbocycles. The molecule has 5 nitrogen and oxygen atoms in total. The Balaban J connectivity index is 4.66. The molecule has 0 atom stereocenters. The van der Waals surface area contributed by atoms with E-state index in [4.69, 9.17) is 10.8 Å². The van der Waals surface area contributed by atoms with Crippen molar-refractivity contribution in [2.24, 2.45) is 5.73 Å². The van der Waals surface area contributed by atoms with Crippen LogP contribution in [0.4, 0.5) is 8.78 Å². The lowest BCUT2D eigenvalue weighted by molar-refractivity contribution is 0.113. The topological polar surface area (TPSA) is 83.6 Å². The maximum Gasteiger partial charge on any atom is 0.252 e. The fourth-order valence-corrected chi connectivity index (χ4v) is 2.57. The summed E-state index contributed by atoms with van der Waals surface area (Å²) in [5.74, 6) is -0.672. The summed E-state index contributed by atoms with van der Waals surface area (Å²) in [5.41, 5.74) is 5.02. The van der Waals surface area contributed by atoms with Crippen molar-refractivity contribution in [2.75, 3.05) is 25.4 Å². The molecule has 0 fully saturated rings. The van der Waals surface area contributed by atoms with E-state index in [9.17, 15) is 17.2 Å². The Kier molecular flexibility index (Phi) is 6.10. The summed E-state index contributed by atoms with van der Waals surface area (Å²) in [6.45, 7) is -1.90. The number of rotatable bonds is 7. The zero-order valence-electron chi connectivity index (χ0n) is 7.77. The lowest BCUT2D eigenvalue weighted by Crippen LogP contribution is -2.41. The van der Waals surface area contributed by atoms with E-state index in [-0.39, 0.29) is 4.99 Å². The summed E-state index contributed by atoms with van der Waals surface area (Å²) in [6.07, 6.45) is -2.81. The van der Waals surface area contributed by atoms with Crippen LogP contribution in [0.25, 0.3) is 0 Å². The van der Waals surface area contributed by atoms with Crippen molar-refractivity contribution in [1.29, 1.82) is 0 Å². The third-order valence-corrected chi connectivity index (χ3v) is 3.53. The van der Waals surface area contributed by atoms with Crippen molar-refractivity contribution in [3.63, 3.8) is 0 Å². The summed E-state index contributed by atoms with van der Waals surface area (Å²) >= 11 is 4.38. The van der Waals surface area contributed by atoms with Crippen LogP contribution in [0.3, 0.4) is 0 Å². The van der Waals surface area contributed by atoms with E-state index in [1.54, 1.807) is 0 Å². The van der Waals surface area contributed by atoms with Crippen LogP contribution in [-0.2, 0) is 10.0 Å². The van der Waals surface area contributed by atoms with Gasteiger partial charge in [-0.25, -0.2) is 17.2 Å². The zero-order chi connectivity index (χ0) is 12.1. The van der Waals surface area contributed by atoms with E-state index in [0.717, 1.165) is 0 Å². The molecule has 0 aromatic heterocycles. The Morgan fingerprint density at radius 3 is 2.40 bits per heavy atom. The number of aliphatic hydroxyl groups is 1. The van der Waals surface area contributed by atoms with Crippen molar-refractivity contribution < 1.29 is 22.3 Å². The van der Waals surface area contributed by atoms with Crippen LogP contribution in [0.2, 0.25) is 0 Å². The monoisotopic (exact) mass is 262 g/mol. The normalized spacial score (nSPS) is 12.3. The van der Waals surface area contributed by atoms with Gasteiger partial charge in [0.2, 0.25) is 10.0 Å². The second kappa shape index (κ2) is 6.26. The van der Waals surface area contributed by atoms with Crippen molar-refractivity contribution >= 4 is 27.2 Å². The number of alkyl halides is 2. The predicted octanol–water partition coefficient (Wildman–Crippen LogP) is -0.838. The standard InChI is InChI=1S/C6H12F2N2O3S2/c7-5(8)3-10(1-2-11)15(12,13)4-6(9)14/h5,11H,1-4H2,(H2,9,14). The smallest absolute Gasteiger partial charge is 0.252 e. The molecular weight excluding hydrogens is 250 g/mol. The van der Waals surface area contributed by atoms with Gasteiger partial charge in [0.25, 0.3) is 6.43 Å². The Labute approximate surface area is 91.9 Å². The van der Waals surface area contributed by atoms with E-state index in [0.29, 0.717) is 4.31 Å². The number of nitrogens with two attached hydrogens (primary N) is 1. The van der Waals surface area contributed by atoms with Gasteiger partial charge in [0.1, 0.15) is 5.75 Å². The summed E-state index contributed by atoms with van der Waals surface area (Å²) in [7, 11) is -3.95. The lowest BCUT2D eigenvalue weighted by atomic mass is 10.6. The van der Waals surface area contributed by atoms with Crippen LogP contribution >= 0.6 is 12.2 Å². The number of hydrogen-bond donors (Lipinski definition) is 2. The fourth-order valence-electron chi connectivity index (χ4n) is 0.880. The Bertz CT molecular complexity index is 307. The molecule has 0 radical (unpaired) electrons. The van der Waals surface area contributed by atoms with E-state index < -0.39 is 41.9 Å². The van der Waals surface area contributed by atoms with Crippen LogP contribution in [0.5, 0.6) is 0 Å². The van der Waals surface area contributed by atoms with Crippen molar-refractivity contribution in [2.45, 2.75) is 6.43 Å². The molecule has 0 saturated heterocycles. The molecule has 0 aromatic rings. The molecule has 0 rings (SSSR count).